The molecule has 2 unspecified atom stereocenters. The summed E-state index contributed by atoms with van der Waals surface area (Å²) in [4.78, 5) is 19.1. The lowest BCUT2D eigenvalue weighted by molar-refractivity contribution is 0.0580. The highest BCUT2D eigenvalue weighted by atomic mass is 16.6. The number of unbranched alkanes of at least 4 members (excludes halogenated alkanes) is 2. The van der Waals surface area contributed by atoms with E-state index in [1.54, 1.807) is 4.90 Å². The number of ether oxygens (including phenoxy) is 1. The van der Waals surface area contributed by atoms with Crippen LogP contribution in [0.3, 0.4) is 0 Å². The molecule has 4 rings (SSSR count). The molecule has 180 valence electrons. The van der Waals surface area contributed by atoms with Crippen molar-refractivity contribution in [2.45, 2.75) is 51.7 Å². The van der Waals surface area contributed by atoms with E-state index < -0.39 is 0 Å². The molecule has 0 aromatic heterocycles. The van der Waals surface area contributed by atoms with Gasteiger partial charge in [-0.1, -0.05) is 56.5 Å². The van der Waals surface area contributed by atoms with Crippen molar-refractivity contribution in [1.29, 1.82) is 5.26 Å². The van der Waals surface area contributed by atoms with Gasteiger partial charge in [0.05, 0.1) is 18.2 Å². The normalized spacial score (nSPS) is 20.2. The minimum atomic E-state index is -0.248. The van der Waals surface area contributed by atoms with Crippen molar-refractivity contribution >= 4 is 11.8 Å². The molecule has 34 heavy (non-hydrogen) atoms. The smallest absolute Gasteiger partial charge is 0.414 e. The quantitative estimate of drug-likeness (QED) is 0.486. The van der Waals surface area contributed by atoms with Crippen LogP contribution in [0.25, 0.3) is 0 Å². The van der Waals surface area contributed by atoms with Crippen molar-refractivity contribution in [3.05, 3.63) is 65.2 Å². The summed E-state index contributed by atoms with van der Waals surface area (Å²) >= 11 is 0. The minimum Gasteiger partial charge on any atom is -0.443 e. The van der Waals surface area contributed by atoms with Crippen LogP contribution in [-0.4, -0.2) is 61.3 Å². The van der Waals surface area contributed by atoms with E-state index >= 15 is 0 Å². The number of carbonyl (C=O) groups is 1. The molecule has 2 saturated heterocycles. The Morgan fingerprint density at radius 3 is 2.53 bits per heavy atom. The lowest BCUT2D eigenvalue weighted by atomic mass is 9.95. The first-order valence-electron chi connectivity index (χ1n) is 12.6. The molecule has 2 aliphatic heterocycles. The number of nitriles is 1. The van der Waals surface area contributed by atoms with Gasteiger partial charge in [0.25, 0.3) is 0 Å². The van der Waals surface area contributed by atoms with Crippen molar-refractivity contribution in [1.82, 2.24) is 9.80 Å². The molecule has 2 aliphatic rings. The van der Waals surface area contributed by atoms with Gasteiger partial charge in [-0.05, 0) is 42.7 Å². The first-order valence-corrected chi connectivity index (χ1v) is 12.6. The summed E-state index contributed by atoms with van der Waals surface area (Å²) in [5.74, 6) is 0. The van der Waals surface area contributed by atoms with E-state index in [4.69, 9.17) is 4.74 Å². The predicted octanol–water partition coefficient (Wildman–Crippen LogP) is 5.13. The highest BCUT2D eigenvalue weighted by Crippen LogP contribution is 2.30. The molecular formula is C28H36N4O2. The van der Waals surface area contributed by atoms with Gasteiger partial charge >= 0.3 is 6.09 Å². The molecule has 2 heterocycles. The Hall–Kier alpha value is -2.88. The van der Waals surface area contributed by atoms with Crippen molar-refractivity contribution in [3.8, 4) is 6.07 Å². The second-order valence-electron chi connectivity index (χ2n) is 9.49. The van der Waals surface area contributed by atoms with Crippen molar-refractivity contribution in [3.63, 3.8) is 0 Å². The summed E-state index contributed by atoms with van der Waals surface area (Å²) in [7, 11) is 0. The number of hydrogen-bond donors (Lipinski definition) is 0. The molecular weight excluding hydrogens is 424 g/mol. The maximum atomic E-state index is 12.4. The van der Waals surface area contributed by atoms with Gasteiger partial charge in [0.1, 0.15) is 6.10 Å². The standard InChI is InChI=1S/C28H36N4O2/c1-3-4-6-11-27(23-12-13-24(19-29)22(2)18-23)31-16-14-30(15-17-31)20-26-21-32(28(33)34-26)25-9-7-5-8-10-25/h5,7-10,12-13,18,26-27H,3-4,6,11,14-17,20-21H2,1-2H3. The molecule has 6 nitrogen and oxygen atoms in total. The maximum absolute atomic E-state index is 12.4. The number of rotatable bonds is 9. The Bertz CT molecular complexity index is 995. The van der Waals surface area contributed by atoms with Crippen LogP contribution in [0.15, 0.2) is 48.5 Å². The van der Waals surface area contributed by atoms with Crippen LogP contribution in [-0.2, 0) is 4.74 Å². The van der Waals surface area contributed by atoms with Crippen LogP contribution in [0.1, 0.15) is 55.3 Å². The van der Waals surface area contributed by atoms with E-state index in [0.717, 1.165) is 56.0 Å². The fourth-order valence-electron chi connectivity index (χ4n) is 5.15. The predicted molar refractivity (Wildman–Crippen MR) is 135 cm³/mol. The van der Waals surface area contributed by atoms with Crippen LogP contribution in [0, 0.1) is 18.3 Å². The zero-order valence-electron chi connectivity index (χ0n) is 20.4. The number of hydrogen-bond acceptors (Lipinski definition) is 5. The zero-order valence-corrected chi connectivity index (χ0v) is 20.4. The van der Waals surface area contributed by atoms with Gasteiger partial charge in [0, 0.05) is 44.5 Å². The van der Waals surface area contributed by atoms with E-state index in [2.05, 4.69) is 34.9 Å². The summed E-state index contributed by atoms with van der Waals surface area (Å²) in [6, 6.07) is 18.7. The third-order valence-electron chi connectivity index (χ3n) is 7.09. The van der Waals surface area contributed by atoms with Crippen LogP contribution < -0.4 is 4.90 Å². The monoisotopic (exact) mass is 460 g/mol. The number of piperazine rings is 1. The molecule has 0 N–H and O–H groups in total. The summed E-state index contributed by atoms with van der Waals surface area (Å²) in [5.41, 5.74) is 4.04. The molecule has 0 saturated carbocycles. The Balaban J connectivity index is 1.34. The van der Waals surface area contributed by atoms with Gasteiger partial charge < -0.3 is 4.74 Å². The molecule has 2 fully saturated rings. The summed E-state index contributed by atoms with van der Waals surface area (Å²) in [6.45, 7) is 9.60. The van der Waals surface area contributed by atoms with Crippen molar-refractivity contribution in [2.24, 2.45) is 0 Å². The molecule has 6 heteroatoms. The third kappa shape index (κ3) is 5.78. The van der Waals surface area contributed by atoms with E-state index in [9.17, 15) is 10.1 Å². The molecule has 0 bridgehead atoms. The molecule has 2 aromatic carbocycles. The van der Waals surface area contributed by atoms with Crippen LogP contribution in [0.2, 0.25) is 0 Å². The zero-order chi connectivity index (χ0) is 23.9. The highest BCUT2D eigenvalue weighted by molar-refractivity contribution is 5.89. The van der Waals surface area contributed by atoms with Crippen molar-refractivity contribution < 1.29 is 9.53 Å². The number of benzene rings is 2. The number of nitrogens with zero attached hydrogens (tertiary/aromatic N) is 4. The van der Waals surface area contributed by atoms with Crippen LogP contribution in [0.5, 0.6) is 0 Å². The largest absolute Gasteiger partial charge is 0.443 e. The number of anilines is 1. The molecule has 0 spiro atoms. The fraction of sp³-hybridized carbons (Fsp3) is 0.500. The van der Waals surface area contributed by atoms with Gasteiger partial charge in [0.15, 0.2) is 0 Å². The average Bonchev–Trinajstić information content (AvgIpc) is 3.23. The fourth-order valence-corrected chi connectivity index (χ4v) is 5.15. The van der Waals surface area contributed by atoms with Gasteiger partial charge in [-0.2, -0.15) is 5.26 Å². The number of carbonyl (C=O) groups excluding carboxylic acids is 1. The van der Waals surface area contributed by atoms with Crippen LogP contribution >= 0.6 is 0 Å². The van der Waals surface area contributed by atoms with Crippen molar-refractivity contribution in [2.75, 3.05) is 44.2 Å². The van der Waals surface area contributed by atoms with Gasteiger partial charge in [-0.25, -0.2) is 4.79 Å². The minimum absolute atomic E-state index is 0.0965. The lowest BCUT2D eigenvalue weighted by Crippen LogP contribution is -2.50. The molecule has 1 amide bonds. The number of aryl methyl sites for hydroxylation is 1. The van der Waals surface area contributed by atoms with E-state index in [1.165, 1.54) is 24.8 Å². The summed E-state index contributed by atoms with van der Waals surface area (Å²) < 4.78 is 5.68. The van der Waals surface area contributed by atoms with E-state index in [-0.39, 0.29) is 12.2 Å². The van der Waals surface area contributed by atoms with Gasteiger partial charge in [-0.15, -0.1) is 0 Å². The highest BCUT2D eigenvalue weighted by Gasteiger charge is 2.34. The van der Waals surface area contributed by atoms with Gasteiger partial charge in [-0.3, -0.25) is 14.7 Å². The average molecular weight is 461 g/mol. The Kier molecular flexibility index (Phi) is 8.21. The Labute approximate surface area is 203 Å². The van der Waals surface area contributed by atoms with E-state index in [0.29, 0.717) is 12.6 Å². The summed E-state index contributed by atoms with van der Waals surface area (Å²) in [5, 5.41) is 9.31. The first-order chi connectivity index (χ1) is 16.6. The second kappa shape index (κ2) is 11.5. The molecule has 2 atom stereocenters. The number of cyclic esters (lactones) is 1. The Morgan fingerprint density at radius 1 is 1.09 bits per heavy atom. The van der Waals surface area contributed by atoms with Crippen LogP contribution in [0.4, 0.5) is 10.5 Å². The summed E-state index contributed by atoms with van der Waals surface area (Å²) in [6.07, 6.45) is 4.48. The maximum Gasteiger partial charge on any atom is 0.414 e. The lowest BCUT2D eigenvalue weighted by Gasteiger charge is -2.40. The van der Waals surface area contributed by atoms with E-state index in [1.807, 2.05) is 43.3 Å². The Morgan fingerprint density at radius 2 is 1.85 bits per heavy atom. The second-order valence-corrected chi connectivity index (χ2v) is 9.49. The third-order valence-corrected chi connectivity index (χ3v) is 7.09. The molecule has 0 radical (unpaired) electrons. The SMILES string of the molecule is CCCCCC(c1ccc(C#N)c(C)c1)N1CCN(CC2CN(c3ccccc3)C(=O)O2)CC1. The molecule has 0 aliphatic carbocycles. The first kappa shape index (κ1) is 24.3. The topological polar surface area (TPSA) is 59.8 Å². The number of amides is 1. The number of para-hydroxylation sites is 1. The van der Waals surface area contributed by atoms with Gasteiger partial charge in [0.2, 0.25) is 0 Å². The molecule has 2 aromatic rings.